The molecule has 0 aromatic rings. The van der Waals surface area contributed by atoms with Crippen molar-refractivity contribution in [3.63, 3.8) is 0 Å². The molecule has 146 valence electrons. The number of hydrogen-bond acceptors (Lipinski definition) is 3. The minimum absolute atomic E-state index is 0. The van der Waals surface area contributed by atoms with Crippen molar-refractivity contribution >= 4 is 35.8 Å². The van der Waals surface area contributed by atoms with Crippen LogP contribution < -0.4 is 11.1 Å². The Labute approximate surface area is 170 Å². The van der Waals surface area contributed by atoms with E-state index < -0.39 is 0 Å². The lowest BCUT2D eigenvalue weighted by Gasteiger charge is -2.32. The number of halogens is 1. The highest BCUT2D eigenvalue weighted by Crippen LogP contribution is 2.17. The van der Waals surface area contributed by atoms with Crippen molar-refractivity contribution in [1.29, 1.82) is 0 Å². The molecule has 0 unspecified atom stereocenters. The molecular formula is C18H36IN5O. The van der Waals surface area contributed by atoms with Crippen LogP contribution in [0.2, 0.25) is 0 Å². The Morgan fingerprint density at radius 2 is 1.72 bits per heavy atom. The average Bonchev–Trinajstić information content (AvgIpc) is 2.53. The monoisotopic (exact) mass is 465 g/mol. The van der Waals surface area contributed by atoms with Crippen molar-refractivity contribution in [2.24, 2.45) is 16.6 Å². The maximum atomic E-state index is 12.0. The topological polar surface area (TPSA) is 74.0 Å². The summed E-state index contributed by atoms with van der Waals surface area (Å²) in [5.41, 5.74) is 5.97. The molecule has 0 spiro atoms. The van der Waals surface area contributed by atoms with Crippen molar-refractivity contribution in [2.75, 3.05) is 39.3 Å². The minimum Gasteiger partial charge on any atom is -0.370 e. The van der Waals surface area contributed by atoms with Crippen LogP contribution in [0.3, 0.4) is 0 Å². The van der Waals surface area contributed by atoms with Gasteiger partial charge in [0.15, 0.2) is 5.96 Å². The highest BCUT2D eigenvalue weighted by molar-refractivity contribution is 14.0. The van der Waals surface area contributed by atoms with Crippen LogP contribution >= 0.6 is 24.0 Å². The van der Waals surface area contributed by atoms with Crippen molar-refractivity contribution in [2.45, 2.75) is 58.4 Å². The van der Waals surface area contributed by atoms with E-state index in [2.05, 4.69) is 20.1 Å². The predicted molar refractivity (Wildman–Crippen MR) is 114 cm³/mol. The lowest BCUT2D eigenvalue weighted by Crippen LogP contribution is -2.47. The second kappa shape index (κ2) is 10.5. The average molecular weight is 465 g/mol. The summed E-state index contributed by atoms with van der Waals surface area (Å²) in [6.07, 6.45) is 5.96. The molecule has 0 radical (unpaired) electrons. The van der Waals surface area contributed by atoms with E-state index in [1.165, 1.54) is 19.3 Å². The van der Waals surface area contributed by atoms with Gasteiger partial charge in [-0.1, -0.05) is 0 Å². The first-order valence-electron chi connectivity index (χ1n) is 9.42. The number of aliphatic imine (C=N–C) groups is 1. The molecule has 2 aliphatic heterocycles. The van der Waals surface area contributed by atoms with Gasteiger partial charge < -0.3 is 16.0 Å². The molecule has 25 heavy (non-hydrogen) atoms. The first kappa shape index (κ1) is 22.5. The Kier molecular flexibility index (Phi) is 9.48. The van der Waals surface area contributed by atoms with Gasteiger partial charge in [0.05, 0.1) is 6.54 Å². The summed E-state index contributed by atoms with van der Waals surface area (Å²) in [5.74, 6) is 1.44. The molecular weight excluding hydrogens is 429 g/mol. The van der Waals surface area contributed by atoms with Crippen molar-refractivity contribution in [3.05, 3.63) is 0 Å². The maximum Gasteiger partial charge on any atom is 0.234 e. The number of amides is 1. The molecule has 2 heterocycles. The van der Waals surface area contributed by atoms with E-state index in [-0.39, 0.29) is 35.4 Å². The number of nitrogens with two attached hydrogens (primary N) is 1. The fourth-order valence-corrected chi connectivity index (χ4v) is 3.43. The molecule has 2 saturated heterocycles. The Morgan fingerprint density at radius 3 is 2.28 bits per heavy atom. The Hall–Kier alpha value is -0.570. The molecule has 2 rings (SSSR count). The Morgan fingerprint density at radius 1 is 1.12 bits per heavy atom. The third-order valence-electron chi connectivity index (χ3n) is 4.78. The van der Waals surface area contributed by atoms with E-state index in [4.69, 9.17) is 5.73 Å². The molecule has 0 bridgehead atoms. The number of carbonyl (C=O) groups is 1. The van der Waals surface area contributed by atoms with E-state index in [1.807, 2.05) is 20.8 Å². The fourth-order valence-electron chi connectivity index (χ4n) is 3.43. The standard InChI is InChI=1S/C18H35N5O.HI/c1-18(2,3)21-16(24)14-22-11-7-15(8-12-22)13-20-17(19)23-9-5-4-6-10-23;/h15H,4-14H2,1-3H3,(H2,19,20)(H,21,24);1H. The van der Waals surface area contributed by atoms with E-state index in [0.717, 1.165) is 51.5 Å². The second-order valence-electron chi connectivity index (χ2n) is 8.26. The van der Waals surface area contributed by atoms with Crippen LogP contribution in [0.1, 0.15) is 52.9 Å². The van der Waals surface area contributed by atoms with Gasteiger partial charge in [-0.05, 0) is 71.9 Å². The fraction of sp³-hybridized carbons (Fsp3) is 0.889. The molecule has 1 amide bonds. The normalized spacial score (nSPS) is 20.9. The summed E-state index contributed by atoms with van der Waals surface area (Å²) < 4.78 is 0. The van der Waals surface area contributed by atoms with Gasteiger partial charge in [0.2, 0.25) is 5.91 Å². The summed E-state index contributed by atoms with van der Waals surface area (Å²) in [6.45, 7) is 11.4. The van der Waals surface area contributed by atoms with E-state index in [1.54, 1.807) is 0 Å². The number of piperidine rings is 2. The van der Waals surface area contributed by atoms with Gasteiger partial charge >= 0.3 is 0 Å². The lowest BCUT2D eigenvalue weighted by molar-refractivity contribution is -0.124. The van der Waals surface area contributed by atoms with Gasteiger partial charge in [0.1, 0.15) is 0 Å². The molecule has 3 N–H and O–H groups in total. The zero-order valence-corrected chi connectivity index (χ0v) is 18.4. The van der Waals surface area contributed by atoms with Crippen LogP contribution in [0.4, 0.5) is 0 Å². The molecule has 0 saturated carbocycles. The molecule has 0 atom stereocenters. The number of nitrogens with one attached hydrogen (secondary N) is 1. The largest absolute Gasteiger partial charge is 0.370 e. The van der Waals surface area contributed by atoms with Gasteiger partial charge in [0.25, 0.3) is 0 Å². The van der Waals surface area contributed by atoms with Crippen molar-refractivity contribution in [3.8, 4) is 0 Å². The van der Waals surface area contributed by atoms with E-state index in [0.29, 0.717) is 12.5 Å². The second-order valence-corrected chi connectivity index (χ2v) is 8.26. The van der Waals surface area contributed by atoms with Gasteiger partial charge in [-0.25, -0.2) is 0 Å². The molecule has 0 aromatic heterocycles. The lowest BCUT2D eigenvalue weighted by atomic mass is 9.97. The number of carbonyl (C=O) groups excluding carboxylic acids is 1. The maximum absolute atomic E-state index is 12.0. The molecule has 7 heteroatoms. The van der Waals surface area contributed by atoms with Crippen LogP contribution in [-0.4, -0.2) is 66.5 Å². The number of hydrogen-bond donors (Lipinski definition) is 2. The Balaban J connectivity index is 0.00000312. The summed E-state index contributed by atoms with van der Waals surface area (Å²) in [5, 5.41) is 3.03. The van der Waals surface area contributed by atoms with Gasteiger partial charge in [-0.2, -0.15) is 0 Å². The SMILES string of the molecule is CC(C)(C)NC(=O)CN1CCC(CN=C(N)N2CCCCC2)CC1.I. The van der Waals surface area contributed by atoms with Crippen LogP contribution in [0.15, 0.2) is 4.99 Å². The Bertz CT molecular complexity index is 435. The highest BCUT2D eigenvalue weighted by Gasteiger charge is 2.22. The summed E-state index contributed by atoms with van der Waals surface area (Å²) >= 11 is 0. The van der Waals surface area contributed by atoms with Gasteiger partial charge in [0, 0.05) is 25.2 Å². The van der Waals surface area contributed by atoms with Crippen LogP contribution in [-0.2, 0) is 4.79 Å². The smallest absolute Gasteiger partial charge is 0.234 e. The zero-order valence-electron chi connectivity index (χ0n) is 16.1. The van der Waals surface area contributed by atoms with Crippen molar-refractivity contribution < 1.29 is 4.79 Å². The van der Waals surface area contributed by atoms with E-state index in [9.17, 15) is 4.79 Å². The summed E-state index contributed by atoms with van der Waals surface area (Å²) in [4.78, 5) is 21.1. The zero-order chi connectivity index (χ0) is 17.6. The molecule has 6 nitrogen and oxygen atoms in total. The van der Waals surface area contributed by atoms with Gasteiger partial charge in [-0.15, -0.1) is 24.0 Å². The van der Waals surface area contributed by atoms with Crippen LogP contribution in [0.25, 0.3) is 0 Å². The van der Waals surface area contributed by atoms with Gasteiger partial charge in [-0.3, -0.25) is 14.7 Å². The summed E-state index contributed by atoms with van der Waals surface area (Å²) in [6, 6.07) is 0. The number of nitrogens with zero attached hydrogens (tertiary/aromatic N) is 3. The molecule has 0 aliphatic carbocycles. The number of rotatable bonds is 4. The number of guanidine groups is 1. The first-order chi connectivity index (χ1) is 11.3. The van der Waals surface area contributed by atoms with Crippen LogP contribution in [0, 0.1) is 5.92 Å². The highest BCUT2D eigenvalue weighted by atomic mass is 127. The molecule has 0 aromatic carbocycles. The molecule has 2 aliphatic rings. The third-order valence-corrected chi connectivity index (χ3v) is 4.78. The number of likely N-dealkylation sites (tertiary alicyclic amines) is 2. The van der Waals surface area contributed by atoms with Crippen LogP contribution in [0.5, 0.6) is 0 Å². The molecule has 2 fully saturated rings. The third kappa shape index (κ3) is 8.57. The first-order valence-corrected chi connectivity index (χ1v) is 9.42. The quantitative estimate of drug-likeness (QED) is 0.379. The van der Waals surface area contributed by atoms with E-state index >= 15 is 0 Å². The minimum atomic E-state index is -0.157. The van der Waals surface area contributed by atoms with Crippen molar-refractivity contribution in [1.82, 2.24) is 15.1 Å². The summed E-state index contributed by atoms with van der Waals surface area (Å²) in [7, 11) is 0. The predicted octanol–water partition coefficient (Wildman–Crippen LogP) is 2.03.